The van der Waals surface area contributed by atoms with Gasteiger partial charge in [-0.1, -0.05) is 146 Å². The molecule has 304 valence electrons. The van der Waals surface area contributed by atoms with Crippen LogP contribution in [0.5, 0.6) is 0 Å². The van der Waals surface area contributed by atoms with Crippen molar-refractivity contribution in [3.05, 3.63) is 230 Å². The Morgan fingerprint density at radius 3 is 1.05 bits per heavy atom. The van der Waals surface area contributed by atoms with Gasteiger partial charge in [0.1, 0.15) is 0 Å². The first-order valence-electron chi connectivity index (χ1n) is 22.8. The molecular weight excluding hydrogens is 789 g/mol. The lowest BCUT2D eigenvalue weighted by Crippen LogP contribution is -1.99. The molecule has 65 heavy (non-hydrogen) atoms. The van der Waals surface area contributed by atoms with E-state index >= 15 is 0 Å². The number of benzene rings is 9. The Labute approximate surface area is 374 Å². The standard InChI is InChI=1S/C61H40N4/c1-8-20-54-43(13-1)44-14-2-9-21-55(44)63(54)41-29-32-49-47-17-5-7-19-53(47)62(59(49)36-41)39-27-25-38(26-28-39)61-51-34-31-40(35-52(51)61)65-58-24-12-6-18-48(58)50-33-30-42(37-60(50)65)64-56-22-10-3-15-45(56)46-16-4-11-23-57(46)64/h1-37,51-52,61H. The van der Waals surface area contributed by atoms with Crippen LogP contribution in [0.2, 0.25) is 0 Å². The molecule has 3 atom stereocenters. The van der Waals surface area contributed by atoms with E-state index in [1.165, 1.54) is 110 Å². The molecule has 0 saturated heterocycles. The van der Waals surface area contributed by atoms with Gasteiger partial charge in [0.2, 0.25) is 0 Å². The zero-order valence-corrected chi connectivity index (χ0v) is 35.4. The van der Waals surface area contributed by atoms with Crippen molar-refractivity contribution in [1.82, 2.24) is 18.3 Å². The van der Waals surface area contributed by atoms with Crippen LogP contribution >= 0.6 is 0 Å². The number of fused-ring (bicyclic) bond motifs is 13. The minimum Gasteiger partial charge on any atom is -0.309 e. The van der Waals surface area contributed by atoms with Crippen LogP contribution in [0.4, 0.5) is 0 Å². The van der Waals surface area contributed by atoms with Gasteiger partial charge in [0.05, 0.1) is 44.1 Å². The predicted octanol–water partition coefficient (Wildman–Crippen LogP) is 15.5. The predicted molar refractivity (Wildman–Crippen MR) is 272 cm³/mol. The lowest BCUT2D eigenvalue weighted by molar-refractivity contribution is 0.969. The van der Waals surface area contributed by atoms with Crippen LogP contribution in [0.1, 0.15) is 11.5 Å². The second-order valence-corrected chi connectivity index (χ2v) is 18.1. The molecule has 4 heterocycles. The minimum absolute atomic E-state index is 0.444. The molecule has 9 aromatic carbocycles. The monoisotopic (exact) mass is 828 g/mol. The number of hydrogen-bond acceptors (Lipinski definition) is 0. The van der Waals surface area contributed by atoms with Crippen molar-refractivity contribution in [3.8, 4) is 17.1 Å². The minimum atomic E-state index is 0.444. The summed E-state index contributed by atoms with van der Waals surface area (Å²) in [7, 11) is 0. The molecule has 0 spiro atoms. The lowest BCUT2D eigenvalue weighted by atomic mass is 10.1. The van der Waals surface area contributed by atoms with Gasteiger partial charge < -0.3 is 18.3 Å². The summed E-state index contributed by atoms with van der Waals surface area (Å²) in [5, 5.41) is 10.2. The second kappa shape index (κ2) is 13.1. The molecule has 0 amide bonds. The zero-order chi connectivity index (χ0) is 42.3. The third kappa shape index (κ3) is 4.91. The van der Waals surface area contributed by atoms with E-state index in [1.807, 2.05) is 0 Å². The van der Waals surface area contributed by atoms with Crippen LogP contribution in [0.25, 0.3) is 110 Å². The normalized spacial score (nSPS) is 17.1. The van der Waals surface area contributed by atoms with Gasteiger partial charge in [0, 0.05) is 65.8 Å². The molecular formula is C61H40N4. The molecule has 1 fully saturated rings. The van der Waals surface area contributed by atoms with E-state index in [1.54, 1.807) is 0 Å². The summed E-state index contributed by atoms with van der Waals surface area (Å²) in [6.07, 6.45) is 7.39. The van der Waals surface area contributed by atoms with Crippen LogP contribution in [0.15, 0.2) is 224 Å². The van der Waals surface area contributed by atoms with E-state index in [-0.39, 0.29) is 0 Å². The second-order valence-electron chi connectivity index (χ2n) is 18.1. The van der Waals surface area contributed by atoms with E-state index in [9.17, 15) is 0 Å². The van der Waals surface area contributed by atoms with Gasteiger partial charge in [0.25, 0.3) is 0 Å². The van der Waals surface area contributed by atoms with Gasteiger partial charge in [-0.05, 0) is 102 Å². The molecule has 2 aliphatic rings. The Morgan fingerprint density at radius 1 is 0.277 bits per heavy atom. The fourth-order valence-corrected chi connectivity index (χ4v) is 11.9. The summed E-state index contributed by atoms with van der Waals surface area (Å²) in [6.45, 7) is 0. The molecule has 0 N–H and O–H groups in total. The van der Waals surface area contributed by atoms with Crippen LogP contribution in [-0.2, 0) is 0 Å². The molecule has 2 aliphatic carbocycles. The highest BCUT2D eigenvalue weighted by Crippen LogP contribution is 2.58. The number of rotatable bonds is 5. The summed E-state index contributed by atoms with van der Waals surface area (Å²) in [5.41, 5.74) is 16.0. The highest BCUT2D eigenvalue weighted by atomic mass is 15.0. The average Bonchev–Trinajstić information content (AvgIpc) is 3.58. The van der Waals surface area contributed by atoms with Crippen molar-refractivity contribution in [2.24, 2.45) is 11.8 Å². The average molecular weight is 829 g/mol. The maximum Gasteiger partial charge on any atom is 0.0561 e. The molecule has 4 aromatic heterocycles. The maximum absolute atomic E-state index is 2.55. The number of nitrogens with zero attached hydrogens (tertiary/aromatic N) is 4. The largest absolute Gasteiger partial charge is 0.309 e. The van der Waals surface area contributed by atoms with Gasteiger partial charge in [-0.3, -0.25) is 0 Å². The van der Waals surface area contributed by atoms with Crippen LogP contribution < -0.4 is 0 Å². The SMILES string of the molecule is C1=CC2C(C=C1n1c3ccccc3c3ccc(-n4c5ccccc5c5ccccc54)cc31)C2c1ccc(-n2c3ccccc3c3ccc(-n4c5ccccc5c5ccccc54)cc32)cc1. The Bertz CT molecular complexity index is 4100. The Kier molecular flexibility index (Phi) is 7.09. The molecule has 0 radical (unpaired) electrons. The van der Waals surface area contributed by atoms with E-state index in [2.05, 4.69) is 243 Å². The molecule has 13 aromatic rings. The third-order valence-corrected chi connectivity index (χ3v) is 14.8. The van der Waals surface area contributed by atoms with Crippen molar-refractivity contribution in [2.75, 3.05) is 0 Å². The molecule has 15 rings (SSSR count). The van der Waals surface area contributed by atoms with Gasteiger partial charge >= 0.3 is 0 Å². The topological polar surface area (TPSA) is 19.7 Å². The molecule has 4 heteroatoms. The van der Waals surface area contributed by atoms with E-state index in [0.717, 1.165) is 5.69 Å². The van der Waals surface area contributed by atoms with Crippen molar-refractivity contribution >= 4 is 92.9 Å². The van der Waals surface area contributed by atoms with E-state index in [0.29, 0.717) is 17.8 Å². The Balaban J connectivity index is 0.813. The van der Waals surface area contributed by atoms with E-state index in [4.69, 9.17) is 0 Å². The van der Waals surface area contributed by atoms with Crippen LogP contribution in [0.3, 0.4) is 0 Å². The van der Waals surface area contributed by atoms with Gasteiger partial charge in [-0.25, -0.2) is 0 Å². The van der Waals surface area contributed by atoms with Crippen molar-refractivity contribution in [3.63, 3.8) is 0 Å². The van der Waals surface area contributed by atoms with Crippen molar-refractivity contribution in [1.29, 1.82) is 0 Å². The summed E-state index contributed by atoms with van der Waals surface area (Å²) in [4.78, 5) is 0. The van der Waals surface area contributed by atoms with Gasteiger partial charge in [-0.2, -0.15) is 0 Å². The Hall–Kier alpha value is -8.34. The molecule has 0 aliphatic heterocycles. The highest BCUT2D eigenvalue weighted by molar-refractivity contribution is 6.14. The van der Waals surface area contributed by atoms with Crippen molar-refractivity contribution < 1.29 is 0 Å². The highest BCUT2D eigenvalue weighted by Gasteiger charge is 2.49. The van der Waals surface area contributed by atoms with Crippen LogP contribution in [0, 0.1) is 11.8 Å². The third-order valence-electron chi connectivity index (χ3n) is 14.8. The first-order valence-corrected chi connectivity index (χ1v) is 22.8. The van der Waals surface area contributed by atoms with Crippen molar-refractivity contribution in [2.45, 2.75) is 5.92 Å². The number of para-hydroxylation sites is 6. The smallest absolute Gasteiger partial charge is 0.0561 e. The first-order chi connectivity index (χ1) is 32.3. The van der Waals surface area contributed by atoms with Gasteiger partial charge in [-0.15, -0.1) is 0 Å². The Morgan fingerprint density at radius 2 is 0.615 bits per heavy atom. The number of aromatic nitrogens is 4. The maximum atomic E-state index is 2.55. The summed E-state index contributed by atoms with van der Waals surface area (Å²) >= 11 is 0. The first kappa shape index (κ1) is 35.2. The summed E-state index contributed by atoms with van der Waals surface area (Å²) < 4.78 is 9.81. The summed E-state index contributed by atoms with van der Waals surface area (Å²) in [6, 6.07) is 76.3. The van der Waals surface area contributed by atoms with Gasteiger partial charge in [0.15, 0.2) is 0 Å². The quantitative estimate of drug-likeness (QED) is 0.165. The molecule has 3 unspecified atom stereocenters. The molecule has 4 nitrogen and oxygen atoms in total. The number of allylic oxidation sites excluding steroid dienone is 4. The zero-order valence-electron chi connectivity index (χ0n) is 35.4. The van der Waals surface area contributed by atoms with E-state index < -0.39 is 0 Å². The number of hydrogen-bond donors (Lipinski definition) is 0. The summed E-state index contributed by atoms with van der Waals surface area (Å²) in [5.74, 6) is 1.38. The molecule has 0 bridgehead atoms. The lowest BCUT2D eigenvalue weighted by Gasteiger charge is -2.13. The fraction of sp³-hybridized carbons (Fsp3) is 0.0492. The van der Waals surface area contributed by atoms with Crippen LogP contribution in [-0.4, -0.2) is 18.3 Å². The molecule has 1 saturated carbocycles. The fourth-order valence-electron chi connectivity index (χ4n) is 11.9.